The van der Waals surface area contributed by atoms with E-state index in [0.29, 0.717) is 25.4 Å². The van der Waals surface area contributed by atoms with Crippen molar-refractivity contribution < 1.29 is 24.2 Å². The highest BCUT2D eigenvalue weighted by Gasteiger charge is 2.35. The van der Waals surface area contributed by atoms with E-state index in [1.165, 1.54) is 0 Å². The molecular formula is C16H19NO5. The summed E-state index contributed by atoms with van der Waals surface area (Å²) < 4.78 is 10.9. The monoisotopic (exact) mass is 305 g/mol. The first-order valence-electron chi connectivity index (χ1n) is 7.50. The van der Waals surface area contributed by atoms with E-state index in [4.69, 9.17) is 9.47 Å². The van der Waals surface area contributed by atoms with E-state index < -0.39 is 18.1 Å². The molecular weight excluding hydrogens is 286 g/mol. The molecule has 0 radical (unpaired) electrons. The third kappa shape index (κ3) is 3.06. The van der Waals surface area contributed by atoms with Gasteiger partial charge in [0.1, 0.15) is 11.8 Å². The van der Waals surface area contributed by atoms with Crippen molar-refractivity contribution in [2.75, 3.05) is 13.2 Å². The fourth-order valence-corrected chi connectivity index (χ4v) is 2.98. The molecule has 0 saturated carbocycles. The number of amides is 1. The van der Waals surface area contributed by atoms with Crippen LogP contribution in [0.3, 0.4) is 0 Å². The van der Waals surface area contributed by atoms with Gasteiger partial charge in [-0.3, -0.25) is 4.79 Å². The lowest BCUT2D eigenvalue weighted by Gasteiger charge is -2.28. The summed E-state index contributed by atoms with van der Waals surface area (Å²) in [5.41, 5.74) is 0.968. The average molecular weight is 305 g/mol. The van der Waals surface area contributed by atoms with Crippen molar-refractivity contribution in [2.45, 2.75) is 31.4 Å². The Balaban J connectivity index is 1.64. The maximum Gasteiger partial charge on any atom is 0.326 e. The fourth-order valence-electron chi connectivity index (χ4n) is 2.98. The smallest absolute Gasteiger partial charge is 0.326 e. The average Bonchev–Trinajstić information content (AvgIpc) is 2.97. The lowest BCUT2D eigenvalue weighted by molar-refractivity contribution is -0.146. The van der Waals surface area contributed by atoms with Gasteiger partial charge < -0.3 is 19.9 Å². The van der Waals surface area contributed by atoms with Crippen LogP contribution in [0.1, 0.15) is 18.4 Å². The van der Waals surface area contributed by atoms with Gasteiger partial charge in [0.15, 0.2) is 6.10 Å². The van der Waals surface area contributed by atoms with Crippen LogP contribution in [-0.2, 0) is 20.7 Å². The highest BCUT2D eigenvalue weighted by atomic mass is 16.5. The molecule has 6 nitrogen and oxygen atoms in total. The summed E-state index contributed by atoms with van der Waals surface area (Å²) in [6.45, 7) is 1.01. The molecule has 0 spiro atoms. The first kappa shape index (κ1) is 14.8. The molecule has 6 heteroatoms. The number of carbonyl (C=O) groups is 2. The third-order valence-electron chi connectivity index (χ3n) is 4.17. The molecule has 1 aromatic rings. The molecule has 2 aliphatic heterocycles. The molecule has 118 valence electrons. The Morgan fingerprint density at radius 2 is 2.14 bits per heavy atom. The minimum Gasteiger partial charge on any atom is -0.480 e. The molecule has 2 aliphatic rings. The van der Waals surface area contributed by atoms with Gasteiger partial charge in [0.25, 0.3) is 5.91 Å². The highest BCUT2D eigenvalue weighted by Crippen LogP contribution is 2.28. The van der Waals surface area contributed by atoms with Gasteiger partial charge in [-0.1, -0.05) is 18.2 Å². The van der Waals surface area contributed by atoms with Gasteiger partial charge in [-0.15, -0.1) is 0 Å². The Hall–Kier alpha value is -2.08. The number of hydrogen-bond acceptors (Lipinski definition) is 4. The summed E-state index contributed by atoms with van der Waals surface area (Å²) in [6, 6.07) is 6.53. The molecule has 1 fully saturated rings. The van der Waals surface area contributed by atoms with E-state index in [0.717, 1.165) is 18.4 Å². The second-order valence-electron chi connectivity index (χ2n) is 5.72. The Labute approximate surface area is 128 Å². The predicted octanol–water partition coefficient (Wildman–Crippen LogP) is 0.986. The largest absolute Gasteiger partial charge is 0.480 e. The first-order valence-corrected chi connectivity index (χ1v) is 7.50. The van der Waals surface area contributed by atoms with Crippen molar-refractivity contribution in [3.63, 3.8) is 0 Å². The Kier molecular flexibility index (Phi) is 4.29. The molecule has 1 amide bonds. The number of hydrogen-bond donors (Lipinski definition) is 2. The van der Waals surface area contributed by atoms with Gasteiger partial charge in [-0.2, -0.15) is 0 Å². The van der Waals surface area contributed by atoms with Crippen molar-refractivity contribution in [1.82, 2.24) is 5.32 Å². The number of nitrogens with one attached hydrogen (secondary N) is 1. The zero-order valence-corrected chi connectivity index (χ0v) is 12.2. The summed E-state index contributed by atoms with van der Waals surface area (Å²) in [5.74, 6) is -0.914. The number of carboxylic acid groups (broad SMARTS) is 1. The number of carbonyl (C=O) groups excluding carboxylic acids is 1. The number of rotatable bonds is 4. The van der Waals surface area contributed by atoms with Gasteiger partial charge in [0.05, 0.1) is 6.61 Å². The molecule has 0 bridgehead atoms. The second-order valence-corrected chi connectivity index (χ2v) is 5.72. The number of para-hydroxylation sites is 1. The van der Waals surface area contributed by atoms with Crippen molar-refractivity contribution in [2.24, 2.45) is 5.92 Å². The van der Waals surface area contributed by atoms with Gasteiger partial charge in [0.2, 0.25) is 0 Å². The summed E-state index contributed by atoms with van der Waals surface area (Å²) in [5, 5.41) is 12.0. The van der Waals surface area contributed by atoms with Crippen LogP contribution >= 0.6 is 0 Å². The molecule has 22 heavy (non-hydrogen) atoms. The molecule has 0 aromatic heterocycles. The number of carboxylic acids is 1. The quantitative estimate of drug-likeness (QED) is 0.866. The summed E-state index contributed by atoms with van der Waals surface area (Å²) in [4.78, 5) is 23.8. The molecule has 1 aromatic carbocycles. The van der Waals surface area contributed by atoms with E-state index in [9.17, 15) is 14.7 Å². The maximum atomic E-state index is 12.3. The minimum absolute atomic E-state index is 0.195. The van der Waals surface area contributed by atoms with Crippen LogP contribution in [0.2, 0.25) is 0 Å². The SMILES string of the molecule is O=C(NC(C(=O)O)C1CCCOC1)C1Cc2ccccc2O1. The van der Waals surface area contributed by atoms with E-state index in [-0.39, 0.29) is 11.8 Å². The normalized spacial score (nSPS) is 24.9. The zero-order valence-electron chi connectivity index (χ0n) is 12.2. The van der Waals surface area contributed by atoms with Crippen LogP contribution in [0.15, 0.2) is 24.3 Å². The third-order valence-corrected chi connectivity index (χ3v) is 4.17. The van der Waals surface area contributed by atoms with Gasteiger partial charge in [-0.25, -0.2) is 4.79 Å². The van der Waals surface area contributed by atoms with Gasteiger partial charge >= 0.3 is 5.97 Å². The van der Waals surface area contributed by atoms with Crippen LogP contribution in [0.4, 0.5) is 0 Å². The molecule has 2 N–H and O–H groups in total. The lowest BCUT2D eigenvalue weighted by atomic mass is 9.93. The molecule has 3 atom stereocenters. The van der Waals surface area contributed by atoms with Crippen molar-refractivity contribution in [3.8, 4) is 5.75 Å². The van der Waals surface area contributed by atoms with Gasteiger partial charge in [-0.05, 0) is 24.5 Å². The molecule has 3 unspecified atom stereocenters. The first-order chi connectivity index (χ1) is 10.6. The van der Waals surface area contributed by atoms with E-state index >= 15 is 0 Å². The van der Waals surface area contributed by atoms with Crippen LogP contribution in [-0.4, -0.2) is 42.3 Å². The summed E-state index contributed by atoms with van der Waals surface area (Å²) in [6.07, 6.45) is 1.36. The number of aliphatic carboxylic acids is 1. The highest BCUT2D eigenvalue weighted by molar-refractivity contribution is 5.87. The number of benzene rings is 1. The zero-order chi connectivity index (χ0) is 15.5. The molecule has 2 heterocycles. The topological polar surface area (TPSA) is 84.9 Å². The van der Waals surface area contributed by atoms with Crippen LogP contribution in [0.25, 0.3) is 0 Å². The van der Waals surface area contributed by atoms with Gasteiger partial charge in [0, 0.05) is 18.9 Å². The summed E-state index contributed by atoms with van der Waals surface area (Å²) >= 11 is 0. The minimum atomic E-state index is -1.03. The Morgan fingerprint density at radius 1 is 1.32 bits per heavy atom. The number of fused-ring (bicyclic) bond motifs is 1. The predicted molar refractivity (Wildman–Crippen MR) is 77.7 cm³/mol. The number of ether oxygens (including phenoxy) is 2. The Bertz CT molecular complexity index is 542. The van der Waals surface area contributed by atoms with Crippen LogP contribution in [0, 0.1) is 5.92 Å². The second kappa shape index (κ2) is 6.36. The molecule has 1 saturated heterocycles. The van der Waals surface area contributed by atoms with Crippen LogP contribution < -0.4 is 10.1 Å². The maximum absolute atomic E-state index is 12.3. The fraction of sp³-hybridized carbons (Fsp3) is 0.500. The van der Waals surface area contributed by atoms with Crippen molar-refractivity contribution in [1.29, 1.82) is 0 Å². The van der Waals surface area contributed by atoms with Crippen LogP contribution in [0.5, 0.6) is 5.75 Å². The molecule has 0 aliphatic carbocycles. The van der Waals surface area contributed by atoms with E-state index in [1.54, 1.807) is 0 Å². The Morgan fingerprint density at radius 3 is 2.82 bits per heavy atom. The van der Waals surface area contributed by atoms with E-state index in [1.807, 2.05) is 24.3 Å². The molecule has 3 rings (SSSR count). The summed E-state index contributed by atoms with van der Waals surface area (Å²) in [7, 11) is 0. The van der Waals surface area contributed by atoms with Crippen molar-refractivity contribution in [3.05, 3.63) is 29.8 Å². The van der Waals surface area contributed by atoms with Crippen molar-refractivity contribution >= 4 is 11.9 Å². The lowest BCUT2D eigenvalue weighted by Crippen LogP contribution is -2.52. The van der Waals surface area contributed by atoms with E-state index in [2.05, 4.69) is 5.32 Å². The standard InChI is InChI=1S/C16H19NO5/c18-15(13-8-10-4-1-2-6-12(10)22-13)17-14(16(19)20)11-5-3-7-21-9-11/h1-2,4,6,11,13-14H,3,5,7-9H2,(H,17,18)(H,19,20).